The molecule has 0 radical (unpaired) electrons. The maximum Gasteiger partial charge on any atom is 0.263 e. The third-order valence-electron chi connectivity index (χ3n) is 7.29. The van der Waals surface area contributed by atoms with Crippen LogP contribution in [0.2, 0.25) is 0 Å². The number of anilines is 1. The normalized spacial score (nSPS) is 13.4. The zero-order valence-electron chi connectivity index (χ0n) is 22.4. The molecule has 1 amide bonds. The van der Waals surface area contributed by atoms with Crippen LogP contribution in [0, 0.1) is 6.92 Å². The van der Waals surface area contributed by atoms with Crippen molar-refractivity contribution in [3.05, 3.63) is 79.9 Å². The summed E-state index contributed by atoms with van der Waals surface area (Å²) in [5.41, 5.74) is 6.03. The number of benzene rings is 2. The fourth-order valence-electron chi connectivity index (χ4n) is 5.41. The Kier molecular flexibility index (Phi) is 7.04. The van der Waals surface area contributed by atoms with Crippen molar-refractivity contribution in [2.24, 2.45) is 0 Å². The Bertz CT molecular complexity index is 1520. The Morgan fingerprint density at radius 1 is 1.03 bits per heavy atom. The zero-order valence-corrected chi connectivity index (χ0v) is 23.2. The van der Waals surface area contributed by atoms with Crippen molar-refractivity contribution < 1.29 is 4.79 Å². The zero-order chi connectivity index (χ0) is 26.3. The van der Waals surface area contributed by atoms with Gasteiger partial charge in [0.1, 0.15) is 17.2 Å². The number of thiophene rings is 1. The third-order valence-corrected chi connectivity index (χ3v) is 8.48. The van der Waals surface area contributed by atoms with E-state index in [1.807, 2.05) is 31.2 Å². The van der Waals surface area contributed by atoms with Crippen molar-refractivity contribution in [2.45, 2.75) is 78.7 Å². The molecule has 1 aliphatic rings. The Morgan fingerprint density at radius 3 is 2.38 bits per heavy atom. The van der Waals surface area contributed by atoms with Crippen LogP contribution in [-0.4, -0.2) is 15.5 Å². The number of hydrogen-bond donors (Lipinski definition) is 1. The van der Waals surface area contributed by atoms with Crippen molar-refractivity contribution in [1.29, 1.82) is 0 Å². The molecule has 0 atom stereocenters. The predicted molar refractivity (Wildman–Crippen MR) is 154 cm³/mol. The summed E-state index contributed by atoms with van der Waals surface area (Å²) in [6, 6.07) is 14.2. The van der Waals surface area contributed by atoms with Gasteiger partial charge in [-0.15, -0.1) is 11.3 Å². The smallest absolute Gasteiger partial charge is 0.263 e. The van der Waals surface area contributed by atoms with Gasteiger partial charge in [-0.1, -0.05) is 69.7 Å². The first kappa shape index (κ1) is 25.4. The molecule has 2 aromatic heterocycles. The molecule has 2 heterocycles. The lowest BCUT2D eigenvalue weighted by Gasteiger charge is -2.21. The number of rotatable bonds is 6. The lowest BCUT2D eigenvalue weighted by molar-refractivity contribution is -0.116. The average molecular weight is 514 g/mol. The monoisotopic (exact) mass is 513 g/mol. The number of carbonyl (C=O) groups excluding carboxylic acids is 1. The first-order chi connectivity index (χ1) is 17.7. The molecule has 37 heavy (non-hydrogen) atoms. The number of nitrogens with one attached hydrogen (secondary N) is 1. The molecule has 0 saturated heterocycles. The lowest BCUT2D eigenvalue weighted by Crippen LogP contribution is -2.30. The van der Waals surface area contributed by atoms with E-state index >= 15 is 0 Å². The number of hydrogen-bond acceptors (Lipinski definition) is 4. The van der Waals surface area contributed by atoms with E-state index < -0.39 is 0 Å². The molecule has 0 unspecified atom stereocenters. The van der Waals surface area contributed by atoms with Crippen LogP contribution in [0.5, 0.6) is 0 Å². The number of amides is 1. The van der Waals surface area contributed by atoms with Crippen LogP contribution in [0.15, 0.2) is 47.3 Å². The molecule has 1 aliphatic carbocycles. The molecule has 5 rings (SSSR count). The van der Waals surface area contributed by atoms with Crippen molar-refractivity contribution in [3.63, 3.8) is 0 Å². The number of aromatic nitrogens is 2. The Morgan fingerprint density at radius 2 is 1.70 bits per heavy atom. The second-order valence-electron chi connectivity index (χ2n) is 10.8. The molecule has 0 aliphatic heterocycles. The first-order valence-electron chi connectivity index (χ1n) is 13.3. The minimum Gasteiger partial charge on any atom is -0.324 e. The minimum atomic E-state index is -0.212. The second kappa shape index (κ2) is 10.3. The van der Waals surface area contributed by atoms with Gasteiger partial charge >= 0.3 is 0 Å². The van der Waals surface area contributed by atoms with E-state index in [1.165, 1.54) is 4.88 Å². The Balaban J connectivity index is 1.62. The van der Waals surface area contributed by atoms with Crippen LogP contribution < -0.4 is 10.9 Å². The Hall–Kier alpha value is -3.25. The summed E-state index contributed by atoms with van der Waals surface area (Å²) in [5.74, 6) is 0.859. The van der Waals surface area contributed by atoms with Crippen LogP contribution in [0.25, 0.3) is 21.6 Å². The highest BCUT2D eigenvalue weighted by molar-refractivity contribution is 7.18. The number of nitrogens with zero attached hydrogens (tertiary/aromatic N) is 2. The summed E-state index contributed by atoms with van der Waals surface area (Å²) in [7, 11) is 0. The van der Waals surface area contributed by atoms with Gasteiger partial charge < -0.3 is 5.32 Å². The third kappa shape index (κ3) is 4.87. The molecular formula is C31H35N3O2S. The summed E-state index contributed by atoms with van der Waals surface area (Å²) < 4.78 is 1.58. The maximum atomic E-state index is 14.0. The minimum absolute atomic E-state index is 0.0837. The largest absolute Gasteiger partial charge is 0.324 e. The van der Waals surface area contributed by atoms with Crippen molar-refractivity contribution in [1.82, 2.24) is 9.55 Å². The molecular weight excluding hydrogens is 478 g/mol. The Labute approximate surface area is 222 Å². The molecule has 0 fully saturated rings. The van der Waals surface area contributed by atoms with Gasteiger partial charge in [-0.2, -0.15) is 0 Å². The number of fused-ring (bicyclic) bond motifs is 3. The van der Waals surface area contributed by atoms with E-state index in [0.29, 0.717) is 11.2 Å². The van der Waals surface area contributed by atoms with Gasteiger partial charge in [0.05, 0.1) is 5.39 Å². The highest BCUT2D eigenvalue weighted by atomic mass is 32.1. The van der Waals surface area contributed by atoms with Gasteiger partial charge in [-0.25, -0.2) is 4.98 Å². The van der Waals surface area contributed by atoms with E-state index in [0.717, 1.165) is 64.0 Å². The van der Waals surface area contributed by atoms with E-state index in [4.69, 9.17) is 4.98 Å². The molecule has 6 heteroatoms. The summed E-state index contributed by atoms with van der Waals surface area (Å²) in [6.07, 6.45) is 4.14. The summed E-state index contributed by atoms with van der Waals surface area (Å²) in [4.78, 5) is 34.7. The predicted octanol–water partition coefficient (Wildman–Crippen LogP) is 7.20. The molecule has 5 nitrogen and oxygen atoms in total. The summed E-state index contributed by atoms with van der Waals surface area (Å²) >= 11 is 1.64. The van der Waals surface area contributed by atoms with Crippen molar-refractivity contribution in [3.8, 4) is 11.4 Å². The first-order valence-corrected chi connectivity index (χ1v) is 14.1. The van der Waals surface area contributed by atoms with E-state index in [1.54, 1.807) is 15.9 Å². The fraction of sp³-hybridized carbons (Fsp3) is 0.387. The summed E-state index contributed by atoms with van der Waals surface area (Å²) in [6.45, 7) is 10.5. The van der Waals surface area contributed by atoms with Crippen LogP contribution in [-0.2, 0) is 24.2 Å². The highest BCUT2D eigenvalue weighted by Crippen LogP contribution is 2.35. The van der Waals surface area contributed by atoms with Gasteiger partial charge in [0.25, 0.3) is 5.56 Å². The molecule has 192 valence electrons. The van der Waals surface area contributed by atoms with Gasteiger partial charge in [-0.05, 0) is 67.2 Å². The average Bonchev–Trinajstić information content (AvgIpc) is 3.24. The standard InChI is InChI=1S/C31H35N3O2S/c1-18(2)22-13-9-14-23(19(3)4)28(22)32-26(35)17-34-29(21-11-8-10-20(5)16-21)33-30-27(31(34)36)24-12-6-7-15-25(24)37-30/h8-11,13-14,16,18-19H,6-7,12,15,17H2,1-5H3,(H,32,35). The quantitative estimate of drug-likeness (QED) is 0.297. The molecule has 2 aromatic carbocycles. The SMILES string of the molecule is Cc1cccc(-c2nc3sc4c(c3c(=O)n2CC(=O)Nc2c(C(C)C)cccc2C(C)C)CCCC4)c1. The van der Waals surface area contributed by atoms with Gasteiger partial charge in [0.15, 0.2) is 0 Å². The van der Waals surface area contributed by atoms with Crippen LogP contribution in [0.1, 0.15) is 79.5 Å². The van der Waals surface area contributed by atoms with Gasteiger partial charge in [0.2, 0.25) is 5.91 Å². The lowest BCUT2D eigenvalue weighted by atomic mass is 9.92. The highest BCUT2D eigenvalue weighted by Gasteiger charge is 2.24. The van der Waals surface area contributed by atoms with Gasteiger partial charge in [-0.3, -0.25) is 14.2 Å². The molecule has 1 N–H and O–H groups in total. The van der Waals surface area contributed by atoms with Crippen LogP contribution >= 0.6 is 11.3 Å². The van der Waals surface area contributed by atoms with Crippen molar-refractivity contribution >= 4 is 33.1 Å². The molecule has 0 saturated carbocycles. The summed E-state index contributed by atoms with van der Waals surface area (Å²) in [5, 5.41) is 3.89. The van der Waals surface area contributed by atoms with E-state index in [2.05, 4.69) is 51.2 Å². The van der Waals surface area contributed by atoms with E-state index in [-0.39, 0.29) is 29.8 Å². The molecule has 4 aromatic rings. The number of aryl methyl sites for hydroxylation is 3. The number of para-hydroxylation sites is 1. The number of carbonyl (C=O) groups is 1. The maximum absolute atomic E-state index is 14.0. The molecule has 0 bridgehead atoms. The van der Waals surface area contributed by atoms with Crippen LogP contribution in [0.3, 0.4) is 0 Å². The van der Waals surface area contributed by atoms with Crippen molar-refractivity contribution in [2.75, 3.05) is 5.32 Å². The van der Waals surface area contributed by atoms with Crippen LogP contribution in [0.4, 0.5) is 5.69 Å². The topological polar surface area (TPSA) is 64.0 Å². The second-order valence-corrected chi connectivity index (χ2v) is 11.8. The fourth-order valence-corrected chi connectivity index (χ4v) is 6.66. The van der Waals surface area contributed by atoms with Gasteiger partial charge in [0, 0.05) is 16.1 Å². The molecule has 0 spiro atoms. The van der Waals surface area contributed by atoms with E-state index in [9.17, 15) is 9.59 Å².